The largest absolute Gasteiger partial charge is 0.334 e. The van der Waals surface area contributed by atoms with E-state index >= 15 is 0 Å². The molecule has 1 aromatic carbocycles. The molecule has 0 spiro atoms. The summed E-state index contributed by atoms with van der Waals surface area (Å²) in [5.41, 5.74) is 9.43. The van der Waals surface area contributed by atoms with E-state index in [1.54, 1.807) is 0 Å². The average Bonchev–Trinajstić information content (AvgIpc) is 2.60. The minimum atomic E-state index is 0.256. The van der Waals surface area contributed by atoms with Crippen LogP contribution in [0.15, 0.2) is 24.5 Å². The van der Waals surface area contributed by atoms with Crippen LogP contribution in [0.5, 0.6) is 0 Å². The first-order valence-electron chi connectivity index (χ1n) is 5.36. The molecule has 80 valence electrons. The first-order valence-corrected chi connectivity index (χ1v) is 5.36. The van der Waals surface area contributed by atoms with Crippen LogP contribution < -0.4 is 5.73 Å². The molecule has 1 atom stereocenters. The van der Waals surface area contributed by atoms with Crippen LogP contribution in [0, 0.1) is 0 Å². The summed E-state index contributed by atoms with van der Waals surface area (Å²) in [6.07, 6.45) is 3.79. The zero-order chi connectivity index (χ0) is 10.8. The number of fused-ring (bicyclic) bond motifs is 1. The monoisotopic (exact) mass is 203 g/mol. The summed E-state index contributed by atoms with van der Waals surface area (Å²) in [4.78, 5) is 4.33. The van der Waals surface area contributed by atoms with Crippen molar-refractivity contribution in [1.82, 2.24) is 9.55 Å². The molecule has 0 aliphatic rings. The van der Waals surface area contributed by atoms with Gasteiger partial charge in [-0.3, -0.25) is 0 Å². The maximum atomic E-state index is 5.93. The summed E-state index contributed by atoms with van der Waals surface area (Å²) in [5, 5.41) is 0. The summed E-state index contributed by atoms with van der Waals surface area (Å²) >= 11 is 0. The van der Waals surface area contributed by atoms with Crippen LogP contribution in [0.3, 0.4) is 0 Å². The van der Waals surface area contributed by atoms with E-state index in [2.05, 4.69) is 30.1 Å². The van der Waals surface area contributed by atoms with Crippen molar-refractivity contribution in [3.63, 3.8) is 0 Å². The van der Waals surface area contributed by atoms with Gasteiger partial charge in [0.1, 0.15) is 0 Å². The summed E-state index contributed by atoms with van der Waals surface area (Å²) < 4.78 is 2.03. The average molecular weight is 203 g/mol. The van der Waals surface area contributed by atoms with E-state index in [1.165, 1.54) is 11.1 Å². The molecule has 0 aliphatic carbocycles. The fourth-order valence-corrected chi connectivity index (χ4v) is 1.76. The van der Waals surface area contributed by atoms with Crippen molar-refractivity contribution in [3.05, 3.63) is 30.1 Å². The van der Waals surface area contributed by atoms with Crippen LogP contribution in [0.25, 0.3) is 11.0 Å². The molecule has 1 unspecified atom stereocenters. The van der Waals surface area contributed by atoms with Crippen LogP contribution in [-0.4, -0.2) is 15.6 Å². The van der Waals surface area contributed by atoms with Gasteiger partial charge in [-0.25, -0.2) is 4.98 Å². The molecule has 2 rings (SSSR count). The SMILES string of the molecule is CCC(N)Cc1ccc2c(c1)ncn2C. The fraction of sp³-hybridized carbons (Fsp3) is 0.417. The Balaban J connectivity index is 2.31. The summed E-state index contributed by atoms with van der Waals surface area (Å²) in [6.45, 7) is 2.12. The highest BCUT2D eigenvalue weighted by atomic mass is 15.0. The molecule has 1 aromatic heterocycles. The van der Waals surface area contributed by atoms with Gasteiger partial charge in [-0.15, -0.1) is 0 Å². The number of nitrogens with two attached hydrogens (primary N) is 1. The highest BCUT2D eigenvalue weighted by Crippen LogP contribution is 2.15. The van der Waals surface area contributed by atoms with E-state index in [4.69, 9.17) is 5.73 Å². The Hall–Kier alpha value is -1.35. The second-order valence-corrected chi connectivity index (χ2v) is 4.05. The normalized spacial score (nSPS) is 13.3. The van der Waals surface area contributed by atoms with Crippen molar-refractivity contribution in [2.75, 3.05) is 0 Å². The minimum Gasteiger partial charge on any atom is -0.334 e. The van der Waals surface area contributed by atoms with Gasteiger partial charge in [0.2, 0.25) is 0 Å². The second kappa shape index (κ2) is 4.03. The Morgan fingerprint density at radius 3 is 3.00 bits per heavy atom. The third-order valence-corrected chi connectivity index (χ3v) is 2.81. The van der Waals surface area contributed by atoms with Crippen molar-refractivity contribution < 1.29 is 0 Å². The lowest BCUT2D eigenvalue weighted by molar-refractivity contribution is 0.647. The lowest BCUT2D eigenvalue weighted by atomic mass is 10.0. The minimum absolute atomic E-state index is 0.256. The molecule has 3 heteroatoms. The van der Waals surface area contributed by atoms with Crippen molar-refractivity contribution in [1.29, 1.82) is 0 Å². The Kier molecular flexibility index (Phi) is 2.73. The van der Waals surface area contributed by atoms with Crippen LogP contribution in [0.1, 0.15) is 18.9 Å². The number of aromatic nitrogens is 2. The van der Waals surface area contributed by atoms with E-state index in [1.807, 2.05) is 17.9 Å². The molecule has 2 N–H and O–H groups in total. The number of nitrogens with zero attached hydrogens (tertiary/aromatic N) is 2. The summed E-state index contributed by atoms with van der Waals surface area (Å²) in [6, 6.07) is 6.64. The van der Waals surface area contributed by atoms with Gasteiger partial charge in [0, 0.05) is 13.1 Å². The Labute approximate surface area is 89.9 Å². The molecule has 1 heterocycles. The van der Waals surface area contributed by atoms with Crippen LogP contribution in [0.4, 0.5) is 0 Å². The Morgan fingerprint density at radius 1 is 1.47 bits per heavy atom. The van der Waals surface area contributed by atoms with Crippen LogP contribution >= 0.6 is 0 Å². The molecule has 0 fully saturated rings. The maximum absolute atomic E-state index is 5.93. The van der Waals surface area contributed by atoms with E-state index in [0.29, 0.717) is 0 Å². The zero-order valence-corrected chi connectivity index (χ0v) is 9.27. The lowest BCUT2D eigenvalue weighted by Crippen LogP contribution is -2.21. The van der Waals surface area contributed by atoms with Gasteiger partial charge in [-0.1, -0.05) is 13.0 Å². The first kappa shape index (κ1) is 10.2. The van der Waals surface area contributed by atoms with Gasteiger partial charge >= 0.3 is 0 Å². The van der Waals surface area contributed by atoms with Crippen molar-refractivity contribution in [3.8, 4) is 0 Å². The van der Waals surface area contributed by atoms with Crippen molar-refractivity contribution in [2.45, 2.75) is 25.8 Å². The molecule has 0 saturated heterocycles. The third kappa shape index (κ3) is 2.02. The van der Waals surface area contributed by atoms with Crippen LogP contribution in [-0.2, 0) is 13.5 Å². The first-order chi connectivity index (χ1) is 7.20. The Morgan fingerprint density at radius 2 is 2.27 bits per heavy atom. The lowest BCUT2D eigenvalue weighted by Gasteiger charge is -2.08. The molecule has 0 bridgehead atoms. The molecule has 15 heavy (non-hydrogen) atoms. The van der Waals surface area contributed by atoms with Crippen molar-refractivity contribution >= 4 is 11.0 Å². The Bertz CT molecular complexity index is 459. The number of rotatable bonds is 3. The van der Waals surface area contributed by atoms with Gasteiger partial charge < -0.3 is 10.3 Å². The van der Waals surface area contributed by atoms with Gasteiger partial charge in [0.05, 0.1) is 17.4 Å². The molecule has 0 amide bonds. The zero-order valence-electron chi connectivity index (χ0n) is 9.27. The number of hydrogen-bond donors (Lipinski definition) is 1. The van der Waals surface area contributed by atoms with Gasteiger partial charge in [0.25, 0.3) is 0 Å². The third-order valence-electron chi connectivity index (χ3n) is 2.81. The molecular weight excluding hydrogens is 186 g/mol. The molecule has 0 saturated carbocycles. The highest BCUT2D eigenvalue weighted by molar-refractivity contribution is 5.75. The highest BCUT2D eigenvalue weighted by Gasteiger charge is 2.04. The molecular formula is C12H17N3. The van der Waals surface area contributed by atoms with Gasteiger partial charge in [-0.2, -0.15) is 0 Å². The summed E-state index contributed by atoms with van der Waals surface area (Å²) in [5.74, 6) is 0. The number of hydrogen-bond acceptors (Lipinski definition) is 2. The van der Waals surface area contributed by atoms with E-state index in [-0.39, 0.29) is 6.04 Å². The van der Waals surface area contributed by atoms with E-state index < -0.39 is 0 Å². The molecule has 2 aromatic rings. The molecule has 3 nitrogen and oxygen atoms in total. The van der Waals surface area contributed by atoms with Crippen molar-refractivity contribution in [2.24, 2.45) is 12.8 Å². The maximum Gasteiger partial charge on any atom is 0.0955 e. The number of aryl methyl sites for hydroxylation is 1. The predicted molar refractivity (Wildman–Crippen MR) is 62.7 cm³/mol. The standard InChI is InChI=1S/C12H17N3/c1-3-10(13)6-9-4-5-12-11(7-9)14-8-15(12)2/h4-5,7-8,10H,3,6,13H2,1-2H3. The number of imidazole rings is 1. The van der Waals surface area contributed by atoms with Crippen LogP contribution in [0.2, 0.25) is 0 Å². The topological polar surface area (TPSA) is 43.8 Å². The molecule has 0 radical (unpaired) electrons. The summed E-state index contributed by atoms with van der Waals surface area (Å²) in [7, 11) is 2.01. The van der Waals surface area contributed by atoms with E-state index in [9.17, 15) is 0 Å². The predicted octanol–water partition coefficient (Wildman–Crippen LogP) is 1.85. The molecule has 0 aliphatic heterocycles. The smallest absolute Gasteiger partial charge is 0.0955 e. The fourth-order valence-electron chi connectivity index (χ4n) is 1.76. The number of benzene rings is 1. The second-order valence-electron chi connectivity index (χ2n) is 4.05. The van der Waals surface area contributed by atoms with Gasteiger partial charge in [-0.05, 0) is 30.5 Å². The van der Waals surface area contributed by atoms with Gasteiger partial charge in [0.15, 0.2) is 0 Å². The van der Waals surface area contributed by atoms with E-state index in [0.717, 1.165) is 18.4 Å². The quantitative estimate of drug-likeness (QED) is 0.827.